The average Bonchev–Trinajstić information content (AvgIpc) is 3.31. The lowest BCUT2D eigenvalue weighted by molar-refractivity contribution is -0.120. The lowest BCUT2D eigenvalue weighted by Gasteiger charge is -2.19. The van der Waals surface area contributed by atoms with Crippen LogP contribution in [0.3, 0.4) is 0 Å². The van der Waals surface area contributed by atoms with E-state index < -0.39 is 0 Å². The minimum atomic E-state index is -0.239. The van der Waals surface area contributed by atoms with Gasteiger partial charge in [0.2, 0.25) is 5.91 Å². The number of hydrogen-bond donors (Lipinski definition) is 1. The summed E-state index contributed by atoms with van der Waals surface area (Å²) < 4.78 is 5.78. The van der Waals surface area contributed by atoms with E-state index >= 15 is 0 Å². The van der Waals surface area contributed by atoms with Gasteiger partial charge in [-0.3, -0.25) is 14.6 Å². The molecular formula is C17H17N3O3S. The molecule has 7 heteroatoms. The third kappa shape index (κ3) is 2.81. The normalized spacial score (nSPS) is 25.5. The molecule has 0 bridgehead atoms. The predicted octanol–water partition coefficient (Wildman–Crippen LogP) is 1.87. The highest BCUT2D eigenvalue weighted by Crippen LogP contribution is 2.35. The number of aromatic nitrogens is 1. The average molecular weight is 343 g/mol. The van der Waals surface area contributed by atoms with Gasteiger partial charge in [-0.15, -0.1) is 11.3 Å². The van der Waals surface area contributed by atoms with E-state index in [0.29, 0.717) is 25.4 Å². The quantitative estimate of drug-likeness (QED) is 0.923. The smallest absolute Gasteiger partial charge is 0.264 e. The van der Waals surface area contributed by atoms with Crippen LogP contribution in [-0.4, -0.2) is 47.5 Å². The number of likely N-dealkylation sites (tertiary alicyclic amines) is 1. The highest BCUT2D eigenvalue weighted by molar-refractivity contribution is 7.12. The van der Waals surface area contributed by atoms with Crippen molar-refractivity contribution in [3.05, 3.63) is 46.9 Å². The molecule has 2 aromatic rings. The second-order valence-corrected chi connectivity index (χ2v) is 7.01. The third-order valence-electron chi connectivity index (χ3n) is 4.60. The zero-order valence-electron chi connectivity index (χ0n) is 12.9. The maximum Gasteiger partial charge on any atom is 0.264 e. The molecule has 0 radical (unpaired) electrons. The Bertz CT molecular complexity index is 735. The van der Waals surface area contributed by atoms with Gasteiger partial charge in [-0.2, -0.15) is 0 Å². The molecule has 3 atom stereocenters. The Labute approximate surface area is 143 Å². The Balaban J connectivity index is 1.43. The van der Waals surface area contributed by atoms with Crippen molar-refractivity contribution in [1.29, 1.82) is 0 Å². The largest absolute Gasteiger partial charge is 0.375 e. The fraction of sp³-hybridized carbons (Fsp3) is 0.353. The maximum absolute atomic E-state index is 12.5. The van der Waals surface area contributed by atoms with E-state index in [4.69, 9.17) is 4.74 Å². The van der Waals surface area contributed by atoms with Gasteiger partial charge in [0.1, 0.15) is 0 Å². The van der Waals surface area contributed by atoms with E-state index in [0.717, 1.165) is 4.88 Å². The van der Waals surface area contributed by atoms with Gasteiger partial charge in [0.25, 0.3) is 5.91 Å². The van der Waals surface area contributed by atoms with Crippen LogP contribution in [0, 0.1) is 11.8 Å². The standard InChI is InChI=1S/C17H17N3O3S/c21-16(19-11-3-1-5-18-7-11)13-10-23-14-9-20(8-12(13)14)17(22)15-4-2-6-24-15/h1-7,12-14H,8-10H2,(H,19,21)/t12-,13-,14-/m1/s1. The molecule has 2 saturated heterocycles. The molecular weight excluding hydrogens is 326 g/mol. The van der Waals surface area contributed by atoms with Crippen LogP contribution in [0.5, 0.6) is 0 Å². The molecule has 24 heavy (non-hydrogen) atoms. The molecule has 0 saturated carbocycles. The number of nitrogens with zero attached hydrogens (tertiary/aromatic N) is 2. The van der Waals surface area contributed by atoms with Gasteiger partial charge in [0.15, 0.2) is 0 Å². The number of amides is 2. The summed E-state index contributed by atoms with van der Waals surface area (Å²) in [4.78, 5) is 31.5. The van der Waals surface area contributed by atoms with Crippen molar-refractivity contribution in [2.75, 3.05) is 25.0 Å². The summed E-state index contributed by atoms with van der Waals surface area (Å²) in [5, 5.41) is 4.78. The first-order chi connectivity index (χ1) is 11.7. The minimum absolute atomic E-state index is 0.0226. The lowest BCUT2D eigenvalue weighted by Crippen LogP contribution is -2.34. The number of carbonyl (C=O) groups excluding carboxylic acids is 2. The number of pyridine rings is 1. The zero-order valence-corrected chi connectivity index (χ0v) is 13.7. The van der Waals surface area contributed by atoms with Gasteiger partial charge in [0, 0.05) is 25.2 Å². The van der Waals surface area contributed by atoms with Crippen molar-refractivity contribution < 1.29 is 14.3 Å². The SMILES string of the molecule is O=C(Nc1cccnc1)[C@@H]1CO[C@@H]2CN(C(=O)c3cccs3)C[C@@H]21. The number of anilines is 1. The van der Waals surface area contributed by atoms with Gasteiger partial charge in [0.05, 0.1) is 35.4 Å². The summed E-state index contributed by atoms with van der Waals surface area (Å²) in [7, 11) is 0. The van der Waals surface area contributed by atoms with Crippen LogP contribution in [0.25, 0.3) is 0 Å². The van der Waals surface area contributed by atoms with Crippen LogP contribution in [0.2, 0.25) is 0 Å². The maximum atomic E-state index is 12.5. The Morgan fingerprint density at radius 2 is 2.21 bits per heavy atom. The topological polar surface area (TPSA) is 71.5 Å². The summed E-state index contributed by atoms with van der Waals surface area (Å²) in [6.07, 6.45) is 3.22. The van der Waals surface area contributed by atoms with Crippen molar-refractivity contribution in [2.24, 2.45) is 11.8 Å². The highest BCUT2D eigenvalue weighted by Gasteiger charge is 2.48. The van der Waals surface area contributed by atoms with E-state index in [-0.39, 0.29) is 29.8 Å². The molecule has 0 aliphatic carbocycles. The zero-order chi connectivity index (χ0) is 16.5. The van der Waals surface area contributed by atoms with Gasteiger partial charge >= 0.3 is 0 Å². The number of thiophene rings is 1. The van der Waals surface area contributed by atoms with E-state index in [1.54, 1.807) is 29.4 Å². The number of nitrogens with one attached hydrogen (secondary N) is 1. The first-order valence-electron chi connectivity index (χ1n) is 7.87. The third-order valence-corrected chi connectivity index (χ3v) is 5.46. The number of fused-ring (bicyclic) bond motifs is 1. The second kappa shape index (κ2) is 6.33. The molecule has 4 heterocycles. The fourth-order valence-corrected chi connectivity index (χ4v) is 4.07. The van der Waals surface area contributed by atoms with Crippen molar-refractivity contribution in [2.45, 2.75) is 6.10 Å². The molecule has 6 nitrogen and oxygen atoms in total. The Hall–Kier alpha value is -2.25. The molecule has 2 aliphatic heterocycles. The van der Waals surface area contributed by atoms with Crippen molar-refractivity contribution in [3.8, 4) is 0 Å². The molecule has 2 aliphatic rings. The molecule has 0 unspecified atom stereocenters. The van der Waals surface area contributed by atoms with Gasteiger partial charge in [-0.1, -0.05) is 6.07 Å². The van der Waals surface area contributed by atoms with Gasteiger partial charge < -0.3 is 15.0 Å². The van der Waals surface area contributed by atoms with Crippen LogP contribution in [-0.2, 0) is 9.53 Å². The van der Waals surface area contributed by atoms with Crippen LogP contribution >= 0.6 is 11.3 Å². The Kier molecular flexibility index (Phi) is 4.03. The van der Waals surface area contributed by atoms with E-state index in [1.807, 2.05) is 17.5 Å². The highest BCUT2D eigenvalue weighted by atomic mass is 32.1. The predicted molar refractivity (Wildman–Crippen MR) is 89.8 cm³/mol. The molecule has 0 spiro atoms. The Morgan fingerprint density at radius 1 is 1.29 bits per heavy atom. The number of carbonyl (C=O) groups is 2. The van der Waals surface area contributed by atoms with E-state index in [9.17, 15) is 9.59 Å². The van der Waals surface area contributed by atoms with E-state index in [1.165, 1.54) is 11.3 Å². The second-order valence-electron chi connectivity index (χ2n) is 6.06. The van der Waals surface area contributed by atoms with E-state index in [2.05, 4.69) is 10.3 Å². The van der Waals surface area contributed by atoms with Crippen LogP contribution < -0.4 is 5.32 Å². The molecule has 124 valence electrons. The summed E-state index contributed by atoms with van der Waals surface area (Å²) >= 11 is 1.44. The van der Waals surface area contributed by atoms with Crippen molar-refractivity contribution >= 4 is 28.8 Å². The summed E-state index contributed by atoms with van der Waals surface area (Å²) in [5.74, 6) is -0.239. The summed E-state index contributed by atoms with van der Waals surface area (Å²) in [6.45, 7) is 1.52. The number of hydrogen-bond acceptors (Lipinski definition) is 5. The first-order valence-corrected chi connectivity index (χ1v) is 8.75. The minimum Gasteiger partial charge on any atom is -0.375 e. The molecule has 2 aromatic heterocycles. The molecule has 2 amide bonds. The van der Waals surface area contributed by atoms with Gasteiger partial charge in [-0.25, -0.2) is 0 Å². The monoisotopic (exact) mass is 343 g/mol. The molecule has 1 N–H and O–H groups in total. The fourth-order valence-electron chi connectivity index (χ4n) is 3.38. The number of ether oxygens (including phenoxy) is 1. The van der Waals surface area contributed by atoms with Crippen molar-refractivity contribution in [1.82, 2.24) is 9.88 Å². The molecule has 2 fully saturated rings. The lowest BCUT2D eigenvalue weighted by atomic mass is 9.92. The van der Waals surface area contributed by atoms with Gasteiger partial charge in [-0.05, 0) is 23.6 Å². The van der Waals surface area contributed by atoms with Crippen LogP contribution in [0.1, 0.15) is 9.67 Å². The van der Waals surface area contributed by atoms with Crippen LogP contribution in [0.15, 0.2) is 42.0 Å². The van der Waals surface area contributed by atoms with Crippen molar-refractivity contribution in [3.63, 3.8) is 0 Å². The number of rotatable bonds is 3. The van der Waals surface area contributed by atoms with Crippen LogP contribution in [0.4, 0.5) is 5.69 Å². The summed E-state index contributed by atoms with van der Waals surface area (Å²) in [5.41, 5.74) is 0.676. The molecule has 0 aromatic carbocycles. The first kappa shape index (κ1) is 15.3. The summed E-state index contributed by atoms with van der Waals surface area (Å²) in [6, 6.07) is 7.28. The molecule has 4 rings (SSSR count). The Morgan fingerprint density at radius 3 is 2.96 bits per heavy atom.